The Bertz CT molecular complexity index is 919. The number of hydrogen-bond donors (Lipinski definition) is 3. The summed E-state index contributed by atoms with van der Waals surface area (Å²) in [6.45, 7) is 2.60. The molecule has 2 amide bonds. The van der Waals surface area contributed by atoms with E-state index in [-0.39, 0.29) is 30.0 Å². The zero-order valence-corrected chi connectivity index (χ0v) is 16.1. The first-order valence-corrected chi connectivity index (χ1v) is 9.89. The predicted octanol–water partition coefficient (Wildman–Crippen LogP) is 2.11. The van der Waals surface area contributed by atoms with E-state index < -0.39 is 23.7 Å². The molecular weight excluding hydrogens is 376 g/mol. The summed E-state index contributed by atoms with van der Waals surface area (Å²) in [7, 11) is 0. The van der Waals surface area contributed by atoms with Gasteiger partial charge in [-0.05, 0) is 50.2 Å². The van der Waals surface area contributed by atoms with Crippen molar-refractivity contribution in [1.29, 1.82) is 0 Å². The third-order valence-electron chi connectivity index (χ3n) is 6.07. The minimum atomic E-state index is -0.919. The maximum Gasteiger partial charge on any atom is 0.307 e. The van der Waals surface area contributed by atoms with Gasteiger partial charge in [-0.1, -0.05) is 0 Å². The number of rotatable bonds is 7. The number of furan rings is 1. The number of carboxylic acid groups (broad SMARTS) is 1. The lowest BCUT2D eigenvalue weighted by Crippen LogP contribution is -2.38. The van der Waals surface area contributed by atoms with E-state index in [2.05, 4.69) is 15.7 Å². The van der Waals surface area contributed by atoms with Crippen molar-refractivity contribution in [2.24, 2.45) is 23.7 Å². The highest BCUT2D eigenvalue weighted by Gasteiger charge is 2.54. The van der Waals surface area contributed by atoms with E-state index in [4.69, 9.17) is 4.42 Å². The zero-order chi connectivity index (χ0) is 20.5. The number of carboxylic acids is 1. The van der Waals surface area contributed by atoms with Crippen molar-refractivity contribution in [3.8, 4) is 0 Å². The number of carbonyl (C=O) groups excluding carboxylic acids is 2. The second kappa shape index (κ2) is 7.73. The van der Waals surface area contributed by atoms with Gasteiger partial charge in [-0.25, -0.2) is 0 Å². The van der Waals surface area contributed by atoms with Gasteiger partial charge in [-0.2, -0.15) is 5.10 Å². The molecule has 3 N–H and O–H groups in total. The third kappa shape index (κ3) is 3.64. The number of aromatic nitrogens is 2. The van der Waals surface area contributed by atoms with Crippen LogP contribution in [0.25, 0.3) is 0 Å². The molecule has 0 unspecified atom stereocenters. The van der Waals surface area contributed by atoms with Gasteiger partial charge in [0.1, 0.15) is 5.76 Å². The molecule has 0 aromatic carbocycles. The Hall–Kier alpha value is -3.10. The minimum absolute atomic E-state index is 0.0580. The highest BCUT2D eigenvalue weighted by atomic mass is 16.4. The van der Waals surface area contributed by atoms with Crippen LogP contribution >= 0.6 is 0 Å². The Kier molecular flexibility index (Phi) is 5.12. The number of aliphatic carboxylic acids is 1. The lowest BCUT2D eigenvalue weighted by molar-refractivity contribution is -0.148. The van der Waals surface area contributed by atoms with E-state index in [1.807, 2.05) is 6.92 Å². The van der Waals surface area contributed by atoms with Crippen molar-refractivity contribution < 1.29 is 23.9 Å². The van der Waals surface area contributed by atoms with Crippen LogP contribution in [0, 0.1) is 23.7 Å². The van der Waals surface area contributed by atoms with Crippen LogP contribution in [-0.4, -0.2) is 32.7 Å². The van der Waals surface area contributed by atoms with Gasteiger partial charge in [-0.3, -0.25) is 19.1 Å². The maximum atomic E-state index is 13.0. The standard InChI is InChI=1S/C20H24N4O5/c1-2-24-10-14(17(23-24)19(26)21-9-13-4-3-7-29-13)22-18(25)15-11-5-6-12(8-11)16(15)20(27)28/h3-4,7,10-12,15-16H,2,5-6,8-9H2,1H3,(H,21,26)(H,22,25)(H,27,28)/t11-,12+,15-,16+/m1/s1. The first kappa shape index (κ1) is 19.2. The summed E-state index contributed by atoms with van der Waals surface area (Å²) in [5.41, 5.74) is 0.391. The van der Waals surface area contributed by atoms with Gasteiger partial charge in [0.05, 0.1) is 30.3 Å². The molecule has 2 aromatic rings. The predicted molar refractivity (Wildman–Crippen MR) is 102 cm³/mol. The van der Waals surface area contributed by atoms with Crippen molar-refractivity contribution in [3.05, 3.63) is 36.0 Å². The van der Waals surface area contributed by atoms with Crippen molar-refractivity contribution in [3.63, 3.8) is 0 Å². The van der Waals surface area contributed by atoms with E-state index in [1.54, 1.807) is 23.0 Å². The molecule has 2 aliphatic carbocycles. The number of aryl methyl sites for hydroxylation is 1. The van der Waals surface area contributed by atoms with Crippen molar-refractivity contribution in [1.82, 2.24) is 15.1 Å². The Balaban J connectivity index is 1.50. The van der Waals surface area contributed by atoms with Gasteiger partial charge < -0.3 is 20.2 Å². The number of carbonyl (C=O) groups is 3. The molecule has 2 bridgehead atoms. The summed E-state index contributed by atoms with van der Waals surface area (Å²) in [6, 6.07) is 3.47. The van der Waals surface area contributed by atoms with Crippen LogP contribution in [0.4, 0.5) is 5.69 Å². The number of nitrogens with one attached hydrogen (secondary N) is 2. The molecule has 2 aliphatic rings. The van der Waals surface area contributed by atoms with Crippen molar-refractivity contribution in [2.75, 3.05) is 5.32 Å². The Morgan fingerprint density at radius 3 is 2.69 bits per heavy atom. The first-order valence-electron chi connectivity index (χ1n) is 9.89. The molecule has 2 heterocycles. The van der Waals surface area contributed by atoms with Crippen LogP contribution < -0.4 is 10.6 Å². The fraction of sp³-hybridized carbons (Fsp3) is 0.500. The zero-order valence-electron chi connectivity index (χ0n) is 16.1. The largest absolute Gasteiger partial charge is 0.481 e. The van der Waals surface area contributed by atoms with Crippen molar-refractivity contribution in [2.45, 2.75) is 39.3 Å². The average Bonchev–Trinajstić information content (AvgIpc) is 3.49. The number of nitrogens with zero attached hydrogens (tertiary/aromatic N) is 2. The monoisotopic (exact) mass is 400 g/mol. The summed E-state index contributed by atoms with van der Waals surface area (Å²) in [5, 5.41) is 19.4. The molecule has 0 saturated heterocycles. The number of amides is 2. The molecule has 29 heavy (non-hydrogen) atoms. The molecule has 2 fully saturated rings. The fourth-order valence-corrected chi connectivity index (χ4v) is 4.75. The third-order valence-corrected chi connectivity index (χ3v) is 6.07. The van der Waals surface area contributed by atoms with Gasteiger partial charge in [0.2, 0.25) is 5.91 Å². The van der Waals surface area contributed by atoms with Crippen LogP contribution in [0.3, 0.4) is 0 Å². The van der Waals surface area contributed by atoms with Crippen LogP contribution in [0.1, 0.15) is 42.4 Å². The first-order chi connectivity index (χ1) is 14.0. The summed E-state index contributed by atoms with van der Waals surface area (Å²) in [6.07, 6.45) is 5.63. The molecule has 4 atom stereocenters. The topological polar surface area (TPSA) is 126 Å². The van der Waals surface area contributed by atoms with Gasteiger partial charge in [0, 0.05) is 12.7 Å². The van der Waals surface area contributed by atoms with Gasteiger partial charge in [0.25, 0.3) is 5.91 Å². The SMILES string of the molecule is CCn1cc(NC(=O)[C@@H]2[C@@H]3CC[C@@H](C3)[C@@H]2C(=O)O)c(C(=O)NCc2ccco2)n1. The lowest BCUT2D eigenvalue weighted by atomic mass is 9.78. The van der Waals surface area contributed by atoms with Gasteiger partial charge in [0.15, 0.2) is 5.69 Å². The fourth-order valence-electron chi connectivity index (χ4n) is 4.75. The Labute approximate surface area is 167 Å². The van der Waals surface area contributed by atoms with Crippen LogP contribution in [-0.2, 0) is 22.7 Å². The molecular formula is C20H24N4O5. The minimum Gasteiger partial charge on any atom is -0.481 e. The smallest absolute Gasteiger partial charge is 0.307 e. The highest BCUT2D eigenvalue weighted by molar-refractivity contribution is 6.03. The molecule has 0 spiro atoms. The molecule has 2 aromatic heterocycles. The average molecular weight is 400 g/mol. The summed E-state index contributed by atoms with van der Waals surface area (Å²) >= 11 is 0. The van der Waals surface area contributed by atoms with Crippen LogP contribution in [0.2, 0.25) is 0 Å². The molecule has 0 radical (unpaired) electrons. The number of hydrogen-bond acceptors (Lipinski definition) is 5. The Morgan fingerprint density at radius 1 is 1.28 bits per heavy atom. The number of fused-ring (bicyclic) bond motifs is 2. The normalized spacial score (nSPS) is 25.1. The van der Waals surface area contributed by atoms with Crippen molar-refractivity contribution >= 4 is 23.5 Å². The molecule has 154 valence electrons. The molecule has 0 aliphatic heterocycles. The highest BCUT2D eigenvalue weighted by Crippen LogP contribution is 2.52. The Morgan fingerprint density at radius 2 is 2.03 bits per heavy atom. The lowest BCUT2D eigenvalue weighted by Gasteiger charge is -2.26. The van der Waals surface area contributed by atoms with E-state index in [0.717, 1.165) is 19.3 Å². The summed E-state index contributed by atoms with van der Waals surface area (Å²) in [5.74, 6) is -2.20. The van der Waals surface area contributed by atoms with E-state index in [0.29, 0.717) is 18.0 Å². The van der Waals surface area contributed by atoms with E-state index in [9.17, 15) is 19.5 Å². The summed E-state index contributed by atoms with van der Waals surface area (Å²) in [4.78, 5) is 37.3. The molecule has 9 nitrogen and oxygen atoms in total. The van der Waals surface area contributed by atoms with Crippen LogP contribution in [0.15, 0.2) is 29.0 Å². The van der Waals surface area contributed by atoms with E-state index in [1.165, 1.54) is 6.26 Å². The number of anilines is 1. The van der Waals surface area contributed by atoms with Gasteiger partial charge >= 0.3 is 5.97 Å². The maximum absolute atomic E-state index is 13.0. The van der Waals surface area contributed by atoms with Crippen LogP contribution in [0.5, 0.6) is 0 Å². The van der Waals surface area contributed by atoms with Gasteiger partial charge in [-0.15, -0.1) is 0 Å². The quantitative estimate of drug-likeness (QED) is 0.653. The summed E-state index contributed by atoms with van der Waals surface area (Å²) < 4.78 is 6.77. The second-order valence-corrected chi connectivity index (χ2v) is 7.72. The van der Waals surface area contributed by atoms with E-state index >= 15 is 0 Å². The second-order valence-electron chi connectivity index (χ2n) is 7.72. The molecule has 4 rings (SSSR count). The molecule has 9 heteroatoms. The molecule has 2 saturated carbocycles.